The number of carbonyl (C=O) groups is 1. The minimum absolute atomic E-state index is 0.396. The van der Waals surface area contributed by atoms with Crippen molar-refractivity contribution in [2.24, 2.45) is 0 Å². The van der Waals surface area contributed by atoms with E-state index in [4.69, 9.17) is 0 Å². The van der Waals surface area contributed by atoms with E-state index >= 15 is 0 Å². The Morgan fingerprint density at radius 3 is 2.41 bits per heavy atom. The topological polar surface area (TPSA) is 29.1 Å². The van der Waals surface area contributed by atoms with Gasteiger partial charge in [-0.1, -0.05) is 41.6 Å². The second-order valence-electron chi connectivity index (χ2n) is 4.72. The van der Waals surface area contributed by atoms with E-state index in [1.165, 1.54) is 17.8 Å². The van der Waals surface area contributed by atoms with Crippen LogP contribution in [0.5, 0.6) is 0 Å². The second kappa shape index (κ2) is 6.87. The molecule has 0 aliphatic rings. The monoisotopic (exact) mass is 325 g/mol. The van der Waals surface area contributed by atoms with Gasteiger partial charge in [-0.2, -0.15) is 13.2 Å². The summed E-state index contributed by atoms with van der Waals surface area (Å²) in [5.41, 5.74) is 0.753. The molecule has 0 aliphatic heterocycles. The van der Waals surface area contributed by atoms with Gasteiger partial charge in [-0.15, -0.1) is 0 Å². The van der Waals surface area contributed by atoms with E-state index in [2.05, 4.69) is 5.32 Å². The number of hydrogen-bond donors (Lipinski definition) is 1. The lowest BCUT2D eigenvalue weighted by molar-refractivity contribution is -0.137. The minimum atomic E-state index is -4.41. The van der Waals surface area contributed by atoms with Crippen LogP contribution in [0.25, 0.3) is 0 Å². The Hall–Kier alpha value is -1.95. The summed E-state index contributed by atoms with van der Waals surface area (Å²) in [6.45, 7) is 1.95. The van der Waals surface area contributed by atoms with Crippen LogP contribution in [0.3, 0.4) is 0 Å². The molecule has 2 aromatic rings. The minimum Gasteiger partial charge on any atom is -0.342 e. The maximum absolute atomic E-state index is 12.8. The van der Waals surface area contributed by atoms with Gasteiger partial charge in [0.1, 0.15) is 5.37 Å². The molecule has 0 fully saturated rings. The number of carbonyl (C=O) groups excluding carboxylic acids is 1. The van der Waals surface area contributed by atoms with E-state index in [0.29, 0.717) is 12.0 Å². The standard InChI is InChI=1S/C16H14F3NOS/c1-11-5-7-14(8-6-11)22-15(20-10-21)12-3-2-4-13(9-12)16(17,18)19/h2-10,15H,1H3,(H,20,21). The average molecular weight is 325 g/mol. The molecule has 6 heteroatoms. The molecule has 1 amide bonds. The van der Waals surface area contributed by atoms with Crippen LogP contribution in [0.4, 0.5) is 13.2 Å². The fraction of sp³-hybridized carbons (Fsp3) is 0.188. The van der Waals surface area contributed by atoms with Crippen LogP contribution in [0.1, 0.15) is 22.1 Å². The third-order valence-corrected chi connectivity index (χ3v) is 4.20. The first kappa shape index (κ1) is 16.4. The van der Waals surface area contributed by atoms with Crippen LogP contribution < -0.4 is 5.32 Å². The summed E-state index contributed by atoms with van der Waals surface area (Å²) in [4.78, 5) is 11.6. The molecule has 1 unspecified atom stereocenters. The van der Waals surface area contributed by atoms with Crippen LogP contribution in [-0.2, 0) is 11.0 Å². The number of benzene rings is 2. The van der Waals surface area contributed by atoms with E-state index in [0.717, 1.165) is 22.6 Å². The summed E-state index contributed by atoms with van der Waals surface area (Å²) >= 11 is 1.28. The summed E-state index contributed by atoms with van der Waals surface area (Å²) < 4.78 is 38.4. The van der Waals surface area contributed by atoms with E-state index in [1.807, 2.05) is 31.2 Å². The summed E-state index contributed by atoms with van der Waals surface area (Å²) in [6.07, 6.45) is -3.91. The van der Waals surface area contributed by atoms with Gasteiger partial charge < -0.3 is 5.32 Å². The van der Waals surface area contributed by atoms with Crippen molar-refractivity contribution in [2.45, 2.75) is 23.4 Å². The Balaban J connectivity index is 2.27. The van der Waals surface area contributed by atoms with Crippen molar-refractivity contribution in [3.05, 3.63) is 65.2 Å². The van der Waals surface area contributed by atoms with Gasteiger partial charge in [-0.05, 0) is 36.8 Å². The highest BCUT2D eigenvalue weighted by atomic mass is 32.2. The zero-order chi connectivity index (χ0) is 16.2. The highest BCUT2D eigenvalue weighted by molar-refractivity contribution is 7.99. The van der Waals surface area contributed by atoms with Crippen LogP contribution in [0.2, 0.25) is 0 Å². The summed E-state index contributed by atoms with van der Waals surface area (Å²) in [5.74, 6) is 0. The lowest BCUT2D eigenvalue weighted by Crippen LogP contribution is -2.17. The predicted octanol–water partition coefficient (Wildman–Crippen LogP) is 4.55. The lowest BCUT2D eigenvalue weighted by atomic mass is 10.1. The molecule has 2 nitrogen and oxygen atoms in total. The smallest absolute Gasteiger partial charge is 0.342 e. The first-order chi connectivity index (χ1) is 10.4. The van der Waals surface area contributed by atoms with Crippen LogP contribution in [0, 0.1) is 6.92 Å². The van der Waals surface area contributed by atoms with Gasteiger partial charge in [0.2, 0.25) is 6.41 Å². The molecule has 116 valence electrons. The molecule has 0 radical (unpaired) electrons. The van der Waals surface area contributed by atoms with Crippen molar-refractivity contribution in [2.75, 3.05) is 0 Å². The van der Waals surface area contributed by atoms with Gasteiger partial charge in [0.15, 0.2) is 0 Å². The van der Waals surface area contributed by atoms with Crippen molar-refractivity contribution in [1.82, 2.24) is 5.32 Å². The van der Waals surface area contributed by atoms with Crippen molar-refractivity contribution < 1.29 is 18.0 Å². The second-order valence-corrected chi connectivity index (χ2v) is 5.90. The molecule has 0 aliphatic carbocycles. The van der Waals surface area contributed by atoms with Crippen LogP contribution in [0.15, 0.2) is 53.4 Å². The number of halogens is 3. The fourth-order valence-corrected chi connectivity index (χ4v) is 2.86. The van der Waals surface area contributed by atoms with Crippen LogP contribution in [-0.4, -0.2) is 6.41 Å². The van der Waals surface area contributed by atoms with Crippen LogP contribution >= 0.6 is 11.8 Å². The highest BCUT2D eigenvalue weighted by Gasteiger charge is 2.31. The molecule has 1 N–H and O–H groups in total. The first-order valence-corrected chi connectivity index (χ1v) is 7.38. The largest absolute Gasteiger partial charge is 0.416 e. The van der Waals surface area contributed by atoms with Gasteiger partial charge in [-0.25, -0.2) is 0 Å². The van der Waals surface area contributed by atoms with E-state index < -0.39 is 17.1 Å². The molecule has 0 aromatic heterocycles. The summed E-state index contributed by atoms with van der Waals surface area (Å²) in [7, 11) is 0. The maximum Gasteiger partial charge on any atom is 0.416 e. The molecule has 2 rings (SSSR count). The van der Waals surface area contributed by atoms with Crippen molar-refractivity contribution >= 4 is 18.2 Å². The molecular formula is C16H14F3NOS. The highest BCUT2D eigenvalue weighted by Crippen LogP contribution is 2.36. The zero-order valence-electron chi connectivity index (χ0n) is 11.7. The van der Waals surface area contributed by atoms with Crippen molar-refractivity contribution in [3.8, 4) is 0 Å². The maximum atomic E-state index is 12.8. The Morgan fingerprint density at radius 1 is 1.14 bits per heavy atom. The van der Waals surface area contributed by atoms with Crippen molar-refractivity contribution in [1.29, 1.82) is 0 Å². The zero-order valence-corrected chi connectivity index (χ0v) is 12.5. The quantitative estimate of drug-likeness (QED) is 0.496. The molecule has 1 atom stereocenters. The normalized spacial score (nSPS) is 12.7. The number of thioether (sulfide) groups is 1. The third kappa shape index (κ3) is 4.27. The number of hydrogen-bond acceptors (Lipinski definition) is 2. The molecule has 0 bridgehead atoms. The van der Waals surface area contributed by atoms with Gasteiger partial charge >= 0.3 is 6.18 Å². The molecule has 2 aromatic carbocycles. The van der Waals surface area contributed by atoms with E-state index in [1.54, 1.807) is 6.07 Å². The lowest BCUT2D eigenvalue weighted by Gasteiger charge is -2.18. The van der Waals surface area contributed by atoms with E-state index in [9.17, 15) is 18.0 Å². The summed E-state index contributed by atoms with van der Waals surface area (Å²) in [5, 5.41) is 1.97. The summed E-state index contributed by atoms with van der Waals surface area (Å²) in [6, 6.07) is 12.5. The predicted molar refractivity (Wildman–Crippen MR) is 80.4 cm³/mol. The fourth-order valence-electron chi connectivity index (χ4n) is 1.89. The number of alkyl halides is 3. The Kier molecular flexibility index (Phi) is 5.13. The van der Waals surface area contributed by atoms with Gasteiger partial charge in [-0.3, -0.25) is 4.79 Å². The number of nitrogens with one attached hydrogen (secondary N) is 1. The number of aryl methyl sites for hydroxylation is 1. The third-order valence-electron chi connectivity index (χ3n) is 3.01. The van der Waals surface area contributed by atoms with Gasteiger partial charge in [0.05, 0.1) is 5.56 Å². The van der Waals surface area contributed by atoms with E-state index in [-0.39, 0.29) is 0 Å². The Labute approximate surface area is 130 Å². The number of rotatable bonds is 5. The molecule has 0 spiro atoms. The molecule has 0 heterocycles. The van der Waals surface area contributed by atoms with Gasteiger partial charge in [0.25, 0.3) is 0 Å². The molecular weight excluding hydrogens is 311 g/mol. The van der Waals surface area contributed by atoms with Crippen molar-refractivity contribution in [3.63, 3.8) is 0 Å². The average Bonchev–Trinajstić information content (AvgIpc) is 2.48. The molecule has 0 saturated heterocycles. The molecule has 0 saturated carbocycles. The first-order valence-electron chi connectivity index (χ1n) is 6.50. The Bertz CT molecular complexity index is 641. The van der Waals surface area contributed by atoms with Gasteiger partial charge in [0, 0.05) is 4.90 Å². The number of amides is 1. The molecule has 22 heavy (non-hydrogen) atoms. The Morgan fingerprint density at radius 2 is 1.82 bits per heavy atom. The SMILES string of the molecule is Cc1ccc(SC(NC=O)c2cccc(C(F)(F)F)c2)cc1.